The van der Waals surface area contributed by atoms with Gasteiger partial charge in [-0.25, -0.2) is 0 Å². The summed E-state index contributed by atoms with van der Waals surface area (Å²) in [5.74, 6) is 0.160. The van der Waals surface area contributed by atoms with Crippen LogP contribution in [0.15, 0.2) is 70.8 Å². The van der Waals surface area contributed by atoms with Crippen molar-refractivity contribution in [1.29, 1.82) is 0 Å². The molecule has 0 saturated carbocycles. The molecule has 3 heteroatoms. The molecular weight excluding hydrogens is 344 g/mol. The van der Waals surface area contributed by atoms with Gasteiger partial charge in [0.2, 0.25) is 0 Å². The van der Waals surface area contributed by atoms with E-state index >= 15 is 0 Å². The Kier molecular flexibility index (Phi) is 4.00. The lowest BCUT2D eigenvalue weighted by molar-refractivity contribution is 0.539. The Labute approximate surface area is 137 Å². The van der Waals surface area contributed by atoms with E-state index in [0.717, 1.165) is 15.6 Å². The SMILES string of the molecule is C[S+]([O-])C1(C)C(c2cccc(Br)c2)=CC=C2C=CC=CC21. The molecule has 3 unspecified atom stereocenters. The standard InChI is InChI=1S/C18H17BrOS/c1-18(21(2)20)16-9-4-3-6-13(16)10-11-17(18)14-7-5-8-15(19)12-14/h3-12,16H,1-2H3. The fraction of sp³-hybridized carbons (Fsp3) is 0.222. The number of hydrogen-bond donors (Lipinski definition) is 0. The fourth-order valence-electron chi connectivity index (χ4n) is 3.10. The molecule has 0 saturated heterocycles. The van der Waals surface area contributed by atoms with Crippen molar-refractivity contribution >= 4 is 32.7 Å². The molecule has 1 aromatic carbocycles. The lowest BCUT2D eigenvalue weighted by Crippen LogP contribution is -2.45. The van der Waals surface area contributed by atoms with E-state index in [0.29, 0.717) is 0 Å². The second-order valence-corrected chi connectivity index (χ2v) is 8.21. The monoisotopic (exact) mass is 360 g/mol. The molecule has 0 fully saturated rings. The maximum atomic E-state index is 12.6. The van der Waals surface area contributed by atoms with Crippen LogP contribution < -0.4 is 0 Å². The lowest BCUT2D eigenvalue weighted by Gasteiger charge is -2.41. The van der Waals surface area contributed by atoms with E-state index in [2.05, 4.69) is 65.4 Å². The van der Waals surface area contributed by atoms with Gasteiger partial charge in [-0.05, 0) is 41.4 Å². The van der Waals surface area contributed by atoms with Gasteiger partial charge in [0, 0.05) is 10.0 Å². The van der Waals surface area contributed by atoms with Gasteiger partial charge < -0.3 is 4.55 Å². The first-order valence-electron chi connectivity index (χ1n) is 6.90. The first-order valence-corrected chi connectivity index (χ1v) is 9.25. The van der Waals surface area contributed by atoms with Gasteiger partial charge in [-0.3, -0.25) is 0 Å². The summed E-state index contributed by atoms with van der Waals surface area (Å²) in [5.41, 5.74) is 3.49. The van der Waals surface area contributed by atoms with Gasteiger partial charge in [0.1, 0.15) is 0 Å². The highest BCUT2D eigenvalue weighted by Gasteiger charge is 2.48. The van der Waals surface area contributed by atoms with Gasteiger partial charge >= 0.3 is 0 Å². The van der Waals surface area contributed by atoms with Gasteiger partial charge in [-0.15, -0.1) is 0 Å². The highest BCUT2D eigenvalue weighted by molar-refractivity contribution is 9.10. The predicted molar refractivity (Wildman–Crippen MR) is 94.4 cm³/mol. The molecular formula is C18H17BrOS. The first-order chi connectivity index (χ1) is 10.0. The van der Waals surface area contributed by atoms with Crippen LogP contribution in [0.3, 0.4) is 0 Å². The summed E-state index contributed by atoms with van der Waals surface area (Å²) >= 11 is 2.55. The van der Waals surface area contributed by atoms with Crippen LogP contribution in [0.2, 0.25) is 0 Å². The van der Waals surface area contributed by atoms with E-state index < -0.39 is 15.9 Å². The van der Waals surface area contributed by atoms with Crippen LogP contribution >= 0.6 is 15.9 Å². The zero-order valence-electron chi connectivity index (χ0n) is 12.0. The van der Waals surface area contributed by atoms with Gasteiger partial charge in [0.05, 0.1) is 12.2 Å². The summed E-state index contributed by atoms with van der Waals surface area (Å²) in [4.78, 5) is 0. The normalized spacial score (nSPS) is 28.7. The van der Waals surface area contributed by atoms with Crippen LogP contribution in [0, 0.1) is 5.92 Å². The van der Waals surface area contributed by atoms with Gasteiger partial charge in [0.25, 0.3) is 0 Å². The lowest BCUT2D eigenvalue weighted by atomic mass is 9.74. The second-order valence-electron chi connectivity index (χ2n) is 5.54. The van der Waals surface area contributed by atoms with E-state index in [1.54, 1.807) is 6.26 Å². The summed E-state index contributed by atoms with van der Waals surface area (Å²) in [6.07, 6.45) is 14.5. The highest BCUT2D eigenvalue weighted by Crippen LogP contribution is 2.47. The minimum atomic E-state index is -0.983. The second kappa shape index (κ2) is 5.64. The summed E-state index contributed by atoms with van der Waals surface area (Å²) in [7, 11) is 0. The Balaban J connectivity index is 2.17. The van der Waals surface area contributed by atoms with E-state index in [1.165, 1.54) is 5.57 Å². The highest BCUT2D eigenvalue weighted by atomic mass is 79.9. The maximum Gasteiger partial charge on any atom is 0.158 e. The molecule has 0 radical (unpaired) electrons. The molecule has 0 heterocycles. The third kappa shape index (κ3) is 2.48. The molecule has 2 aliphatic carbocycles. The smallest absolute Gasteiger partial charge is 0.158 e. The third-order valence-corrected chi connectivity index (χ3v) is 6.53. The van der Waals surface area contributed by atoms with Crippen molar-refractivity contribution in [3.63, 3.8) is 0 Å². The topological polar surface area (TPSA) is 23.1 Å². The Morgan fingerprint density at radius 3 is 2.76 bits per heavy atom. The molecule has 0 aliphatic heterocycles. The Morgan fingerprint density at radius 2 is 2.05 bits per heavy atom. The number of benzene rings is 1. The van der Waals surface area contributed by atoms with Crippen LogP contribution in [0.25, 0.3) is 5.57 Å². The molecule has 108 valence electrons. The molecule has 0 aromatic heterocycles. The summed E-state index contributed by atoms with van der Waals surface area (Å²) < 4.78 is 13.2. The van der Waals surface area contributed by atoms with Crippen LogP contribution in [-0.2, 0) is 11.2 Å². The van der Waals surface area contributed by atoms with E-state index in [9.17, 15) is 4.55 Å². The average molecular weight is 361 g/mol. The molecule has 0 N–H and O–H groups in total. The number of hydrogen-bond acceptors (Lipinski definition) is 1. The van der Waals surface area contributed by atoms with Crippen LogP contribution in [0.4, 0.5) is 0 Å². The minimum Gasteiger partial charge on any atom is -0.616 e. The third-order valence-electron chi connectivity index (χ3n) is 4.37. The minimum absolute atomic E-state index is 0.160. The Hall–Kier alpha value is -1.03. The largest absolute Gasteiger partial charge is 0.616 e. The van der Waals surface area contributed by atoms with Gasteiger partial charge in [-0.2, -0.15) is 0 Å². The quantitative estimate of drug-likeness (QED) is 0.703. The Morgan fingerprint density at radius 1 is 1.24 bits per heavy atom. The molecule has 3 rings (SSSR count). The van der Waals surface area contributed by atoms with Crippen molar-refractivity contribution in [1.82, 2.24) is 0 Å². The molecule has 0 amide bonds. The summed E-state index contributed by atoms with van der Waals surface area (Å²) in [5, 5.41) is 0. The zero-order valence-corrected chi connectivity index (χ0v) is 14.4. The van der Waals surface area contributed by atoms with E-state index in [1.807, 2.05) is 18.2 Å². The predicted octanol–water partition coefficient (Wildman–Crippen LogP) is 4.65. The van der Waals surface area contributed by atoms with Crippen molar-refractivity contribution in [3.8, 4) is 0 Å². The fourth-order valence-corrected chi connectivity index (χ4v) is 4.57. The van der Waals surface area contributed by atoms with Crippen molar-refractivity contribution in [2.24, 2.45) is 5.92 Å². The zero-order chi connectivity index (χ0) is 15.0. The van der Waals surface area contributed by atoms with Crippen LogP contribution in [0.5, 0.6) is 0 Å². The molecule has 1 nitrogen and oxygen atoms in total. The van der Waals surface area contributed by atoms with E-state index in [4.69, 9.17) is 0 Å². The molecule has 0 bridgehead atoms. The van der Waals surface area contributed by atoms with Crippen molar-refractivity contribution < 1.29 is 4.55 Å². The van der Waals surface area contributed by atoms with E-state index in [-0.39, 0.29) is 5.92 Å². The number of fused-ring (bicyclic) bond motifs is 1. The molecule has 1 aromatic rings. The molecule has 21 heavy (non-hydrogen) atoms. The Bertz CT molecular complexity index is 684. The van der Waals surface area contributed by atoms with Crippen LogP contribution in [0.1, 0.15) is 12.5 Å². The summed E-state index contributed by atoms with van der Waals surface area (Å²) in [6.45, 7) is 2.11. The van der Waals surface area contributed by atoms with Crippen molar-refractivity contribution in [2.75, 3.05) is 6.26 Å². The number of halogens is 1. The molecule has 2 aliphatic rings. The molecule has 0 spiro atoms. The van der Waals surface area contributed by atoms with Crippen molar-refractivity contribution in [2.45, 2.75) is 11.7 Å². The first kappa shape index (κ1) is 14.9. The average Bonchev–Trinajstić information content (AvgIpc) is 2.47. The number of rotatable bonds is 2. The molecule has 3 atom stereocenters. The number of allylic oxidation sites excluding steroid dienone is 7. The van der Waals surface area contributed by atoms with Crippen molar-refractivity contribution in [3.05, 3.63) is 76.3 Å². The maximum absolute atomic E-state index is 12.6. The van der Waals surface area contributed by atoms with Gasteiger partial charge in [-0.1, -0.05) is 64.5 Å². The van der Waals surface area contributed by atoms with Gasteiger partial charge in [0.15, 0.2) is 4.75 Å². The summed E-state index contributed by atoms with van der Waals surface area (Å²) in [6, 6.07) is 8.22. The van der Waals surface area contributed by atoms with Crippen LogP contribution in [-0.4, -0.2) is 15.6 Å².